The zero-order chi connectivity index (χ0) is 15.8. The van der Waals surface area contributed by atoms with Crippen LogP contribution in [0.4, 0.5) is 0 Å². The van der Waals surface area contributed by atoms with E-state index in [1.54, 1.807) is 0 Å². The van der Waals surface area contributed by atoms with E-state index in [-0.39, 0.29) is 5.92 Å². The molecule has 1 atom stereocenters. The minimum atomic E-state index is -0.0245. The van der Waals surface area contributed by atoms with Gasteiger partial charge >= 0.3 is 0 Å². The van der Waals surface area contributed by atoms with Crippen LogP contribution in [0.1, 0.15) is 66.2 Å². The lowest BCUT2D eigenvalue weighted by atomic mass is 9.88. The number of hydrogen-bond acceptors (Lipinski definition) is 1. The molecule has 0 aromatic heterocycles. The Labute approximate surface area is 130 Å². The lowest BCUT2D eigenvalue weighted by molar-refractivity contribution is -0.121. The number of rotatable bonds is 1. The van der Waals surface area contributed by atoms with Crippen molar-refractivity contribution in [3.8, 4) is 0 Å². The van der Waals surface area contributed by atoms with E-state index < -0.39 is 0 Å². The molecule has 1 aliphatic carbocycles. The Hall–Kier alpha value is -1.37. The van der Waals surface area contributed by atoms with Crippen molar-refractivity contribution in [2.24, 2.45) is 5.92 Å². The van der Waals surface area contributed by atoms with Crippen molar-refractivity contribution in [3.05, 3.63) is 47.1 Å². The SMILES string of the molecule is C=C(C)[C@H]1C/C=C(/C)CC/C=C(/C)CC/C=C(\C)CC1=O. The smallest absolute Gasteiger partial charge is 0.144 e. The highest BCUT2D eigenvalue weighted by molar-refractivity contribution is 5.85. The first-order valence-electron chi connectivity index (χ1n) is 8.05. The second-order valence-electron chi connectivity index (χ2n) is 6.51. The molecule has 0 amide bonds. The summed E-state index contributed by atoms with van der Waals surface area (Å²) in [4.78, 5) is 12.5. The first kappa shape index (κ1) is 17.7. The van der Waals surface area contributed by atoms with Crippen LogP contribution in [0.2, 0.25) is 0 Å². The fraction of sp³-hybridized carbons (Fsp3) is 0.550. The molecule has 0 spiro atoms. The van der Waals surface area contributed by atoms with Crippen LogP contribution >= 0.6 is 0 Å². The van der Waals surface area contributed by atoms with Gasteiger partial charge in [-0.3, -0.25) is 4.79 Å². The van der Waals surface area contributed by atoms with Gasteiger partial charge in [0.25, 0.3) is 0 Å². The molecule has 1 rings (SSSR count). The number of carbonyl (C=O) groups excluding carboxylic acids is 1. The highest BCUT2D eigenvalue weighted by Crippen LogP contribution is 2.22. The summed E-state index contributed by atoms with van der Waals surface area (Å²) in [6.07, 6.45) is 12.5. The minimum absolute atomic E-state index is 0.0245. The molecule has 0 unspecified atom stereocenters. The number of allylic oxidation sites excluding steroid dienone is 7. The molecule has 1 heteroatoms. The molecule has 21 heavy (non-hydrogen) atoms. The van der Waals surface area contributed by atoms with Gasteiger partial charge in [0, 0.05) is 12.3 Å². The van der Waals surface area contributed by atoms with E-state index in [1.807, 2.05) is 6.92 Å². The first-order chi connectivity index (χ1) is 9.90. The van der Waals surface area contributed by atoms with Crippen molar-refractivity contribution in [2.45, 2.75) is 66.2 Å². The van der Waals surface area contributed by atoms with Gasteiger partial charge in [-0.1, -0.05) is 47.1 Å². The maximum absolute atomic E-state index is 12.5. The van der Waals surface area contributed by atoms with Crippen molar-refractivity contribution < 1.29 is 4.79 Å². The van der Waals surface area contributed by atoms with E-state index >= 15 is 0 Å². The highest BCUT2D eigenvalue weighted by Gasteiger charge is 2.18. The molecule has 0 aliphatic heterocycles. The van der Waals surface area contributed by atoms with Gasteiger partial charge in [0.15, 0.2) is 0 Å². The average Bonchev–Trinajstić information content (AvgIpc) is 2.37. The van der Waals surface area contributed by atoms with Crippen LogP contribution in [-0.2, 0) is 4.79 Å². The van der Waals surface area contributed by atoms with Crippen LogP contribution in [0.5, 0.6) is 0 Å². The van der Waals surface area contributed by atoms with Crippen LogP contribution in [0.3, 0.4) is 0 Å². The molecule has 0 N–H and O–H groups in total. The molecule has 0 saturated carbocycles. The van der Waals surface area contributed by atoms with Gasteiger partial charge < -0.3 is 0 Å². The fourth-order valence-corrected chi connectivity index (χ4v) is 2.69. The number of Topliss-reactive ketones (excluding diaryl/α,β-unsaturated/α-hetero) is 1. The third kappa shape index (κ3) is 6.75. The molecule has 1 nitrogen and oxygen atoms in total. The van der Waals surface area contributed by atoms with Crippen molar-refractivity contribution in [2.75, 3.05) is 0 Å². The summed E-state index contributed by atoms with van der Waals surface area (Å²) in [5, 5.41) is 0. The molecule has 1 aliphatic rings. The summed E-state index contributed by atoms with van der Waals surface area (Å²) in [5.41, 5.74) is 5.01. The minimum Gasteiger partial charge on any atom is -0.299 e. The summed E-state index contributed by atoms with van der Waals surface area (Å²) in [6, 6.07) is 0. The molecular formula is C20H30O. The Balaban J connectivity index is 2.92. The Morgan fingerprint density at radius 1 is 1.00 bits per heavy atom. The van der Waals surface area contributed by atoms with E-state index in [0.717, 1.165) is 37.7 Å². The largest absolute Gasteiger partial charge is 0.299 e. The molecule has 0 aromatic rings. The third-order valence-electron chi connectivity index (χ3n) is 4.20. The van der Waals surface area contributed by atoms with Gasteiger partial charge in [0.05, 0.1) is 0 Å². The highest BCUT2D eigenvalue weighted by atomic mass is 16.1. The summed E-state index contributed by atoms with van der Waals surface area (Å²) in [5.74, 6) is 0.285. The molecule has 116 valence electrons. The zero-order valence-electron chi connectivity index (χ0n) is 14.2. The maximum Gasteiger partial charge on any atom is 0.144 e. The van der Waals surface area contributed by atoms with Gasteiger partial charge in [-0.05, 0) is 59.8 Å². The lowest BCUT2D eigenvalue weighted by Crippen LogP contribution is -2.15. The van der Waals surface area contributed by atoms with Gasteiger partial charge in [0.2, 0.25) is 0 Å². The zero-order valence-corrected chi connectivity index (χ0v) is 14.2. The first-order valence-corrected chi connectivity index (χ1v) is 8.05. The molecule has 0 radical (unpaired) electrons. The average molecular weight is 286 g/mol. The summed E-state index contributed by atoms with van der Waals surface area (Å²) in [7, 11) is 0. The molecule has 0 saturated heterocycles. The fourth-order valence-electron chi connectivity index (χ4n) is 2.69. The Bertz CT molecular complexity index is 474. The quantitative estimate of drug-likeness (QED) is 0.545. The van der Waals surface area contributed by atoms with Crippen LogP contribution in [0.15, 0.2) is 47.1 Å². The maximum atomic E-state index is 12.5. The predicted molar refractivity (Wildman–Crippen MR) is 92.3 cm³/mol. The van der Waals surface area contributed by atoms with Crippen molar-refractivity contribution in [1.82, 2.24) is 0 Å². The van der Waals surface area contributed by atoms with Crippen molar-refractivity contribution >= 4 is 5.78 Å². The van der Waals surface area contributed by atoms with Crippen molar-refractivity contribution in [3.63, 3.8) is 0 Å². The monoisotopic (exact) mass is 286 g/mol. The van der Waals surface area contributed by atoms with Crippen molar-refractivity contribution in [1.29, 1.82) is 0 Å². The molecule has 0 fully saturated rings. The Morgan fingerprint density at radius 3 is 2.10 bits per heavy atom. The summed E-state index contributed by atoms with van der Waals surface area (Å²) >= 11 is 0. The molecule has 0 bridgehead atoms. The van der Waals surface area contributed by atoms with Crippen LogP contribution in [0, 0.1) is 5.92 Å². The molecular weight excluding hydrogens is 256 g/mol. The molecule has 0 aromatic carbocycles. The number of hydrogen-bond donors (Lipinski definition) is 0. The topological polar surface area (TPSA) is 17.1 Å². The van der Waals surface area contributed by atoms with Gasteiger partial charge in [0.1, 0.15) is 5.78 Å². The van der Waals surface area contributed by atoms with E-state index in [9.17, 15) is 4.79 Å². The van der Waals surface area contributed by atoms with Crippen LogP contribution in [0.25, 0.3) is 0 Å². The van der Waals surface area contributed by atoms with Gasteiger partial charge in [-0.2, -0.15) is 0 Å². The van der Waals surface area contributed by atoms with Crippen LogP contribution < -0.4 is 0 Å². The van der Waals surface area contributed by atoms with E-state index in [0.29, 0.717) is 12.2 Å². The molecule has 0 heterocycles. The van der Waals surface area contributed by atoms with Gasteiger partial charge in [-0.15, -0.1) is 0 Å². The van der Waals surface area contributed by atoms with E-state index in [4.69, 9.17) is 0 Å². The van der Waals surface area contributed by atoms with E-state index in [1.165, 1.54) is 16.7 Å². The lowest BCUT2D eigenvalue weighted by Gasteiger charge is -2.15. The van der Waals surface area contributed by atoms with Gasteiger partial charge in [-0.25, -0.2) is 0 Å². The summed E-state index contributed by atoms with van der Waals surface area (Å²) in [6.45, 7) is 12.4. The second kappa shape index (κ2) is 8.81. The second-order valence-corrected chi connectivity index (χ2v) is 6.51. The van der Waals surface area contributed by atoms with E-state index in [2.05, 4.69) is 45.6 Å². The van der Waals surface area contributed by atoms with Crippen LogP contribution in [-0.4, -0.2) is 5.78 Å². The Morgan fingerprint density at radius 2 is 1.52 bits per heavy atom. The standard InChI is InChI=1S/C20H30O/c1-15(2)19-13-12-17(4)10-6-8-16(3)9-7-11-18(5)14-20(19)21/h8,11-12,19H,1,6-7,9-10,13-14H2,2-5H3/b16-8-,17-12-,18-11+/t19-/m1/s1. The summed E-state index contributed by atoms with van der Waals surface area (Å²) < 4.78 is 0. The predicted octanol–water partition coefficient (Wildman–Crippen LogP) is 5.94. The normalized spacial score (nSPS) is 30.2. The third-order valence-corrected chi connectivity index (χ3v) is 4.20. The number of ketones is 1. The Kier molecular flexibility index (Phi) is 7.42. The number of carbonyl (C=O) groups is 1.